The predicted octanol–water partition coefficient (Wildman–Crippen LogP) is 0.296. The molecular weight excluding hydrogens is 156 g/mol. The van der Waals surface area contributed by atoms with Crippen LogP contribution in [0.2, 0.25) is 0 Å². The second-order valence-corrected chi connectivity index (χ2v) is 3.07. The fourth-order valence-electron chi connectivity index (χ4n) is 1.31. The first kappa shape index (κ1) is 9.03. The molecule has 0 aromatic heterocycles. The van der Waals surface area contributed by atoms with Crippen molar-refractivity contribution in [1.82, 2.24) is 10.4 Å². The molecule has 0 radical (unpaired) electrons. The molecular formula is C8H14N2O2. The third-order valence-corrected chi connectivity index (χ3v) is 2.07. The number of hydrogen-bond acceptors (Lipinski definition) is 2. The molecule has 1 saturated heterocycles. The summed E-state index contributed by atoms with van der Waals surface area (Å²) in [6.07, 6.45) is 2.62. The number of amides is 2. The third kappa shape index (κ3) is 1.57. The highest BCUT2D eigenvalue weighted by atomic mass is 16.2. The molecule has 0 aromatic rings. The molecule has 1 rings (SSSR count). The Labute approximate surface area is 71.9 Å². The summed E-state index contributed by atoms with van der Waals surface area (Å²) in [5, 5.41) is 1.27. The third-order valence-electron chi connectivity index (χ3n) is 2.07. The lowest BCUT2D eigenvalue weighted by Gasteiger charge is -2.06. The molecule has 1 atom stereocenters. The zero-order chi connectivity index (χ0) is 9.14. The summed E-state index contributed by atoms with van der Waals surface area (Å²) in [7, 11) is 1.58. The molecule has 0 aliphatic carbocycles. The van der Waals surface area contributed by atoms with Crippen molar-refractivity contribution in [3.63, 3.8) is 0 Å². The standard InChI is InChI=1S/C8H14N2O2/c1-3-4-5-6-7(11)9-10(2)8(6)12/h6H,3-5H2,1-2H3,(H,9,11). The number of hydrogen-bond donors (Lipinski definition) is 1. The van der Waals surface area contributed by atoms with Crippen molar-refractivity contribution >= 4 is 11.8 Å². The lowest BCUT2D eigenvalue weighted by atomic mass is 10.0. The molecule has 0 aromatic carbocycles. The Hall–Kier alpha value is -1.06. The van der Waals surface area contributed by atoms with Gasteiger partial charge in [0.05, 0.1) is 0 Å². The quantitative estimate of drug-likeness (QED) is 0.619. The van der Waals surface area contributed by atoms with Gasteiger partial charge in [0, 0.05) is 7.05 Å². The highest BCUT2D eigenvalue weighted by molar-refractivity contribution is 6.05. The monoisotopic (exact) mass is 170 g/mol. The molecule has 12 heavy (non-hydrogen) atoms. The van der Waals surface area contributed by atoms with Crippen molar-refractivity contribution in [1.29, 1.82) is 0 Å². The van der Waals surface area contributed by atoms with Gasteiger partial charge in [0.2, 0.25) is 0 Å². The highest BCUT2D eigenvalue weighted by Gasteiger charge is 2.36. The van der Waals surface area contributed by atoms with Crippen LogP contribution in [0, 0.1) is 5.92 Å². The van der Waals surface area contributed by atoms with Crippen LogP contribution in [0.1, 0.15) is 26.2 Å². The van der Waals surface area contributed by atoms with Crippen molar-refractivity contribution in [2.24, 2.45) is 5.92 Å². The lowest BCUT2D eigenvalue weighted by molar-refractivity contribution is -0.131. The van der Waals surface area contributed by atoms with Crippen LogP contribution in [0.3, 0.4) is 0 Å². The van der Waals surface area contributed by atoms with Crippen LogP contribution in [0.25, 0.3) is 0 Å². The molecule has 0 spiro atoms. The van der Waals surface area contributed by atoms with Crippen LogP contribution in [0.4, 0.5) is 0 Å². The second kappa shape index (κ2) is 3.56. The van der Waals surface area contributed by atoms with Crippen LogP contribution in [-0.2, 0) is 9.59 Å². The number of hydrazine groups is 1. The Morgan fingerprint density at radius 2 is 2.17 bits per heavy atom. The van der Waals surface area contributed by atoms with Gasteiger partial charge in [-0.3, -0.25) is 20.0 Å². The van der Waals surface area contributed by atoms with E-state index in [0.29, 0.717) is 6.42 Å². The van der Waals surface area contributed by atoms with Crippen molar-refractivity contribution in [2.75, 3.05) is 7.05 Å². The van der Waals surface area contributed by atoms with Crippen LogP contribution in [0.15, 0.2) is 0 Å². The molecule has 4 heteroatoms. The summed E-state index contributed by atoms with van der Waals surface area (Å²) in [6, 6.07) is 0. The minimum absolute atomic E-state index is 0.103. The van der Waals surface area contributed by atoms with E-state index in [4.69, 9.17) is 0 Å². The molecule has 1 N–H and O–H groups in total. The zero-order valence-corrected chi connectivity index (χ0v) is 7.46. The van der Waals surface area contributed by atoms with Crippen molar-refractivity contribution in [3.8, 4) is 0 Å². The average Bonchev–Trinajstić information content (AvgIpc) is 2.25. The van der Waals surface area contributed by atoms with Gasteiger partial charge in [0.15, 0.2) is 0 Å². The Bertz CT molecular complexity index is 203. The molecule has 1 fully saturated rings. The van der Waals surface area contributed by atoms with Crippen molar-refractivity contribution in [2.45, 2.75) is 26.2 Å². The van der Waals surface area contributed by atoms with E-state index in [1.165, 1.54) is 5.01 Å². The van der Waals surface area contributed by atoms with Crippen LogP contribution < -0.4 is 5.43 Å². The summed E-state index contributed by atoms with van der Waals surface area (Å²) in [5.74, 6) is -0.695. The Morgan fingerprint density at radius 1 is 1.50 bits per heavy atom. The average molecular weight is 170 g/mol. The van der Waals surface area contributed by atoms with Gasteiger partial charge in [-0.15, -0.1) is 0 Å². The van der Waals surface area contributed by atoms with E-state index in [9.17, 15) is 9.59 Å². The molecule has 0 bridgehead atoms. The second-order valence-electron chi connectivity index (χ2n) is 3.07. The first-order chi connectivity index (χ1) is 5.66. The summed E-state index contributed by atoms with van der Waals surface area (Å²) in [5.41, 5.74) is 2.47. The maximum Gasteiger partial charge on any atom is 0.253 e. The van der Waals surface area contributed by atoms with E-state index in [0.717, 1.165) is 12.8 Å². The van der Waals surface area contributed by atoms with Gasteiger partial charge in [0.1, 0.15) is 5.92 Å². The molecule has 1 aliphatic heterocycles. The Morgan fingerprint density at radius 3 is 2.58 bits per heavy atom. The molecule has 4 nitrogen and oxygen atoms in total. The predicted molar refractivity (Wildman–Crippen MR) is 43.9 cm³/mol. The van der Waals surface area contributed by atoms with E-state index in [-0.39, 0.29) is 11.8 Å². The smallest absolute Gasteiger partial charge is 0.253 e. The molecule has 2 amide bonds. The van der Waals surface area contributed by atoms with Crippen LogP contribution in [-0.4, -0.2) is 23.9 Å². The zero-order valence-electron chi connectivity index (χ0n) is 7.46. The summed E-state index contributed by atoms with van der Waals surface area (Å²) in [6.45, 7) is 2.04. The number of rotatable bonds is 3. The van der Waals surface area contributed by atoms with Crippen molar-refractivity contribution in [3.05, 3.63) is 0 Å². The molecule has 1 heterocycles. The normalized spacial score (nSPS) is 23.2. The molecule has 68 valence electrons. The van der Waals surface area contributed by atoms with Gasteiger partial charge in [-0.2, -0.15) is 0 Å². The van der Waals surface area contributed by atoms with Crippen molar-refractivity contribution < 1.29 is 9.59 Å². The minimum Gasteiger partial charge on any atom is -0.272 e. The Balaban J connectivity index is 2.52. The molecule has 0 saturated carbocycles. The fraction of sp³-hybridized carbons (Fsp3) is 0.750. The van der Waals surface area contributed by atoms with E-state index in [1.54, 1.807) is 7.05 Å². The topological polar surface area (TPSA) is 49.4 Å². The maximum absolute atomic E-state index is 11.3. The number of nitrogens with zero attached hydrogens (tertiary/aromatic N) is 1. The van der Waals surface area contributed by atoms with Gasteiger partial charge in [-0.05, 0) is 6.42 Å². The van der Waals surface area contributed by atoms with Gasteiger partial charge < -0.3 is 0 Å². The fourth-order valence-corrected chi connectivity index (χ4v) is 1.31. The minimum atomic E-state index is -0.435. The van der Waals surface area contributed by atoms with Crippen LogP contribution in [0.5, 0.6) is 0 Å². The Kier molecular flexibility index (Phi) is 2.68. The van der Waals surface area contributed by atoms with E-state index < -0.39 is 5.92 Å². The maximum atomic E-state index is 11.3. The molecule has 1 aliphatic rings. The summed E-state index contributed by atoms with van der Waals surface area (Å²) >= 11 is 0. The largest absolute Gasteiger partial charge is 0.272 e. The van der Waals surface area contributed by atoms with E-state index in [1.807, 2.05) is 6.92 Å². The number of unbranched alkanes of at least 4 members (excludes halogenated alkanes) is 1. The SMILES string of the molecule is CCCCC1C(=O)NN(C)C1=O. The van der Waals surface area contributed by atoms with Gasteiger partial charge in [0.25, 0.3) is 11.8 Å². The number of carbonyl (C=O) groups excluding carboxylic acids is 2. The summed E-state index contributed by atoms with van der Waals surface area (Å²) < 4.78 is 0. The van der Waals surface area contributed by atoms with Gasteiger partial charge >= 0.3 is 0 Å². The first-order valence-electron chi connectivity index (χ1n) is 4.25. The molecule has 1 unspecified atom stereocenters. The lowest BCUT2D eigenvalue weighted by Crippen LogP contribution is -2.31. The summed E-state index contributed by atoms with van der Waals surface area (Å²) in [4.78, 5) is 22.4. The van der Waals surface area contributed by atoms with E-state index >= 15 is 0 Å². The number of carbonyl (C=O) groups is 2. The van der Waals surface area contributed by atoms with Crippen LogP contribution >= 0.6 is 0 Å². The number of nitrogens with one attached hydrogen (secondary N) is 1. The first-order valence-corrected chi connectivity index (χ1v) is 4.25. The van der Waals surface area contributed by atoms with Gasteiger partial charge in [-0.25, -0.2) is 0 Å². The van der Waals surface area contributed by atoms with Gasteiger partial charge in [-0.1, -0.05) is 19.8 Å². The van der Waals surface area contributed by atoms with E-state index in [2.05, 4.69) is 5.43 Å². The highest BCUT2D eigenvalue weighted by Crippen LogP contribution is 2.15.